The standard InChI is InChI=1S/C14H13Br2NO2/c1-18-11-4-2-9(3-5-11)8-19-13-7-10(15)6-12(17)14(13)16/h2-7H,8,17H2,1H3. The van der Waals surface area contributed by atoms with Crippen LogP contribution in [-0.2, 0) is 6.61 Å². The second-order valence-electron chi connectivity index (χ2n) is 3.94. The van der Waals surface area contributed by atoms with Crippen molar-refractivity contribution in [3.05, 3.63) is 50.9 Å². The predicted molar refractivity (Wildman–Crippen MR) is 83.6 cm³/mol. The highest BCUT2D eigenvalue weighted by Gasteiger charge is 2.07. The summed E-state index contributed by atoms with van der Waals surface area (Å²) in [4.78, 5) is 0. The summed E-state index contributed by atoms with van der Waals surface area (Å²) >= 11 is 6.81. The number of anilines is 1. The number of nitrogens with two attached hydrogens (primary N) is 1. The number of rotatable bonds is 4. The molecule has 0 aliphatic rings. The summed E-state index contributed by atoms with van der Waals surface area (Å²) in [5.74, 6) is 1.54. The third-order valence-electron chi connectivity index (χ3n) is 2.59. The molecule has 5 heteroatoms. The minimum Gasteiger partial charge on any atom is -0.497 e. The smallest absolute Gasteiger partial charge is 0.137 e. The van der Waals surface area contributed by atoms with Crippen LogP contribution in [0.5, 0.6) is 11.5 Å². The molecule has 0 atom stereocenters. The zero-order chi connectivity index (χ0) is 13.8. The summed E-state index contributed by atoms with van der Waals surface area (Å²) in [6.07, 6.45) is 0. The van der Waals surface area contributed by atoms with Gasteiger partial charge in [-0.25, -0.2) is 0 Å². The van der Waals surface area contributed by atoms with E-state index in [1.54, 1.807) is 7.11 Å². The second kappa shape index (κ2) is 6.30. The fourth-order valence-electron chi connectivity index (χ4n) is 1.57. The van der Waals surface area contributed by atoms with Crippen molar-refractivity contribution in [2.75, 3.05) is 12.8 Å². The first-order valence-electron chi connectivity index (χ1n) is 5.60. The fourth-order valence-corrected chi connectivity index (χ4v) is 2.37. The molecule has 0 fully saturated rings. The highest BCUT2D eigenvalue weighted by atomic mass is 79.9. The molecule has 0 radical (unpaired) electrons. The molecule has 3 nitrogen and oxygen atoms in total. The van der Waals surface area contributed by atoms with Gasteiger partial charge in [-0.1, -0.05) is 28.1 Å². The van der Waals surface area contributed by atoms with E-state index in [-0.39, 0.29) is 0 Å². The van der Waals surface area contributed by atoms with Crippen LogP contribution < -0.4 is 15.2 Å². The average molecular weight is 387 g/mol. The van der Waals surface area contributed by atoms with E-state index in [1.165, 1.54) is 0 Å². The maximum Gasteiger partial charge on any atom is 0.137 e. The van der Waals surface area contributed by atoms with Gasteiger partial charge in [-0.3, -0.25) is 0 Å². The predicted octanol–water partition coefficient (Wildman–Crippen LogP) is 4.38. The van der Waals surface area contributed by atoms with Gasteiger partial charge in [-0.2, -0.15) is 0 Å². The van der Waals surface area contributed by atoms with Crippen LogP contribution >= 0.6 is 31.9 Å². The van der Waals surface area contributed by atoms with E-state index in [2.05, 4.69) is 31.9 Å². The molecule has 0 bridgehead atoms. The molecule has 0 amide bonds. The maximum atomic E-state index is 5.85. The Morgan fingerprint density at radius 1 is 1.11 bits per heavy atom. The Balaban J connectivity index is 2.09. The van der Waals surface area contributed by atoms with Gasteiger partial charge in [0.25, 0.3) is 0 Å². The Kier molecular flexibility index (Phi) is 4.71. The van der Waals surface area contributed by atoms with E-state index >= 15 is 0 Å². The number of halogens is 2. The number of nitrogen functional groups attached to an aromatic ring is 1. The Morgan fingerprint density at radius 2 is 1.79 bits per heavy atom. The monoisotopic (exact) mass is 385 g/mol. The largest absolute Gasteiger partial charge is 0.497 e. The van der Waals surface area contributed by atoms with Crippen molar-refractivity contribution in [2.45, 2.75) is 6.61 Å². The molecule has 0 saturated carbocycles. The molecule has 2 rings (SSSR count). The Morgan fingerprint density at radius 3 is 2.42 bits per heavy atom. The first-order valence-corrected chi connectivity index (χ1v) is 7.19. The molecule has 0 heterocycles. The highest BCUT2D eigenvalue weighted by molar-refractivity contribution is 9.11. The summed E-state index contributed by atoms with van der Waals surface area (Å²) in [7, 11) is 1.65. The van der Waals surface area contributed by atoms with Crippen LogP contribution in [0.15, 0.2) is 45.3 Å². The number of ether oxygens (including phenoxy) is 2. The molecule has 100 valence electrons. The van der Waals surface area contributed by atoms with E-state index in [1.807, 2.05) is 36.4 Å². The summed E-state index contributed by atoms with van der Waals surface area (Å²) in [5.41, 5.74) is 7.55. The SMILES string of the molecule is COc1ccc(COc2cc(Br)cc(N)c2Br)cc1. The van der Waals surface area contributed by atoms with Crippen LogP contribution in [0, 0.1) is 0 Å². The lowest BCUT2D eigenvalue weighted by atomic mass is 10.2. The Labute approximate surface area is 129 Å². The van der Waals surface area contributed by atoms with Crippen molar-refractivity contribution in [3.8, 4) is 11.5 Å². The molecule has 19 heavy (non-hydrogen) atoms. The third-order valence-corrected chi connectivity index (χ3v) is 3.89. The molecule has 2 N–H and O–H groups in total. The molecule has 0 aliphatic heterocycles. The van der Waals surface area contributed by atoms with Crippen LogP contribution in [0.4, 0.5) is 5.69 Å². The van der Waals surface area contributed by atoms with Crippen molar-refractivity contribution in [1.82, 2.24) is 0 Å². The van der Waals surface area contributed by atoms with Crippen LogP contribution in [-0.4, -0.2) is 7.11 Å². The van der Waals surface area contributed by atoms with Gasteiger partial charge in [0.05, 0.1) is 17.3 Å². The molecule has 2 aromatic carbocycles. The van der Waals surface area contributed by atoms with Crippen molar-refractivity contribution in [1.29, 1.82) is 0 Å². The second-order valence-corrected chi connectivity index (χ2v) is 5.65. The Hall–Kier alpha value is -1.20. The van der Waals surface area contributed by atoms with Gasteiger partial charge in [0.1, 0.15) is 18.1 Å². The van der Waals surface area contributed by atoms with Crippen molar-refractivity contribution >= 4 is 37.5 Å². The lowest BCUT2D eigenvalue weighted by Crippen LogP contribution is -1.98. The van der Waals surface area contributed by atoms with Crippen molar-refractivity contribution in [3.63, 3.8) is 0 Å². The van der Waals surface area contributed by atoms with Gasteiger partial charge in [0.2, 0.25) is 0 Å². The lowest BCUT2D eigenvalue weighted by Gasteiger charge is -2.11. The zero-order valence-corrected chi connectivity index (χ0v) is 13.5. The van der Waals surface area contributed by atoms with Gasteiger partial charge in [-0.15, -0.1) is 0 Å². The van der Waals surface area contributed by atoms with E-state index in [0.29, 0.717) is 18.0 Å². The molecule has 2 aromatic rings. The molecule has 0 aliphatic carbocycles. The summed E-state index contributed by atoms with van der Waals surface area (Å²) in [5, 5.41) is 0. The van der Waals surface area contributed by atoms with Crippen LogP contribution in [0.2, 0.25) is 0 Å². The maximum absolute atomic E-state index is 5.85. The number of hydrogen-bond acceptors (Lipinski definition) is 3. The first-order chi connectivity index (χ1) is 9.10. The lowest BCUT2D eigenvalue weighted by molar-refractivity contribution is 0.304. The third kappa shape index (κ3) is 3.64. The summed E-state index contributed by atoms with van der Waals surface area (Å²) in [6, 6.07) is 11.4. The average Bonchev–Trinajstić information content (AvgIpc) is 2.41. The molecular formula is C14H13Br2NO2. The van der Waals surface area contributed by atoms with E-state index in [0.717, 1.165) is 20.3 Å². The number of hydrogen-bond donors (Lipinski definition) is 1. The van der Waals surface area contributed by atoms with Crippen LogP contribution in [0.25, 0.3) is 0 Å². The first kappa shape index (κ1) is 14.2. The topological polar surface area (TPSA) is 44.5 Å². The highest BCUT2D eigenvalue weighted by Crippen LogP contribution is 2.34. The van der Waals surface area contributed by atoms with E-state index in [4.69, 9.17) is 15.2 Å². The number of methoxy groups -OCH3 is 1. The van der Waals surface area contributed by atoms with Gasteiger partial charge in [0, 0.05) is 4.47 Å². The molecule has 0 spiro atoms. The van der Waals surface area contributed by atoms with Crippen LogP contribution in [0.3, 0.4) is 0 Å². The molecule has 0 aromatic heterocycles. The quantitative estimate of drug-likeness (QED) is 0.793. The van der Waals surface area contributed by atoms with Gasteiger partial charge >= 0.3 is 0 Å². The van der Waals surface area contributed by atoms with Gasteiger partial charge < -0.3 is 15.2 Å². The van der Waals surface area contributed by atoms with Crippen molar-refractivity contribution < 1.29 is 9.47 Å². The molecular weight excluding hydrogens is 374 g/mol. The minimum atomic E-state index is 0.471. The zero-order valence-electron chi connectivity index (χ0n) is 10.3. The van der Waals surface area contributed by atoms with E-state index < -0.39 is 0 Å². The fraction of sp³-hybridized carbons (Fsp3) is 0.143. The Bertz CT molecular complexity index is 570. The number of benzene rings is 2. The van der Waals surface area contributed by atoms with E-state index in [9.17, 15) is 0 Å². The van der Waals surface area contributed by atoms with Crippen molar-refractivity contribution in [2.24, 2.45) is 0 Å². The molecule has 0 unspecified atom stereocenters. The van der Waals surface area contributed by atoms with Gasteiger partial charge in [-0.05, 0) is 45.8 Å². The van der Waals surface area contributed by atoms with Gasteiger partial charge in [0.15, 0.2) is 0 Å². The van der Waals surface area contributed by atoms with Crippen LogP contribution in [0.1, 0.15) is 5.56 Å². The molecule has 0 saturated heterocycles. The normalized spacial score (nSPS) is 10.3. The summed E-state index contributed by atoms with van der Waals surface area (Å²) in [6.45, 7) is 0.471. The minimum absolute atomic E-state index is 0.471. The summed E-state index contributed by atoms with van der Waals surface area (Å²) < 4.78 is 12.5.